The second-order valence-corrected chi connectivity index (χ2v) is 5.09. The SMILES string of the molecule is CN=C(NCCOC)NCC(C)Oc1ccccc1Br. The Labute approximate surface area is 128 Å². The Hall–Kier alpha value is -1.27. The largest absolute Gasteiger partial charge is 0.488 e. The molecule has 20 heavy (non-hydrogen) atoms. The molecule has 0 saturated heterocycles. The van der Waals surface area contributed by atoms with Gasteiger partial charge in [-0.05, 0) is 35.0 Å². The molecule has 5 nitrogen and oxygen atoms in total. The fourth-order valence-electron chi connectivity index (χ4n) is 1.53. The number of halogens is 1. The molecule has 1 aromatic carbocycles. The molecule has 0 aliphatic heterocycles. The maximum Gasteiger partial charge on any atom is 0.191 e. The molecule has 0 spiro atoms. The lowest BCUT2D eigenvalue weighted by molar-refractivity contribution is 0.203. The summed E-state index contributed by atoms with van der Waals surface area (Å²) in [5, 5.41) is 6.36. The van der Waals surface area contributed by atoms with Crippen molar-refractivity contribution in [1.29, 1.82) is 0 Å². The summed E-state index contributed by atoms with van der Waals surface area (Å²) in [6, 6.07) is 7.81. The van der Waals surface area contributed by atoms with E-state index in [1.54, 1.807) is 14.2 Å². The van der Waals surface area contributed by atoms with Crippen LogP contribution in [0.2, 0.25) is 0 Å². The van der Waals surface area contributed by atoms with E-state index in [9.17, 15) is 0 Å². The number of guanidine groups is 1. The van der Waals surface area contributed by atoms with Gasteiger partial charge >= 0.3 is 0 Å². The number of ether oxygens (including phenoxy) is 2. The van der Waals surface area contributed by atoms with Gasteiger partial charge in [-0.1, -0.05) is 12.1 Å². The standard InChI is InChI=1S/C14H22BrN3O2/c1-11(20-13-7-5-4-6-12(13)15)10-18-14(16-2)17-8-9-19-3/h4-7,11H,8-10H2,1-3H3,(H2,16,17,18). The zero-order valence-corrected chi connectivity index (χ0v) is 13.7. The highest BCUT2D eigenvalue weighted by atomic mass is 79.9. The molecule has 0 aliphatic carbocycles. The van der Waals surface area contributed by atoms with Crippen LogP contribution in [-0.2, 0) is 4.74 Å². The minimum absolute atomic E-state index is 0.0228. The van der Waals surface area contributed by atoms with Crippen LogP contribution in [0.15, 0.2) is 33.7 Å². The fraction of sp³-hybridized carbons (Fsp3) is 0.500. The first-order valence-electron chi connectivity index (χ1n) is 6.52. The molecule has 0 fully saturated rings. The summed E-state index contributed by atoms with van der Waals surface area (Å²) in [4.78, 5) is 4.13. The highest BCUT2D eigenvalue weighted by molar-refractivity contribution is 9.10. The van der Waals surface area contributed by atoms with E-state index in [0.29, 0.717) is 13.2 Å². The zero-order valence-electron chi connectivity index (χ0n) is 12.1. The third-order valence-electron chi connectivity index (χ3n) is 2.54. The van der Waals surface area contributed by atoms with Gasteiger partial charge in [0.25, 0.3) is 0 Å². The average Bonchev–Trinajstić information content (AvgIpc) is 2.45. The van der Waals surface area contributed by atoms with Gasteiger partial charge in [0.2, 0.25) is 0 Å². The zero-order chi connectivity index (χ0) is 14.8. The summed E-state index contributed by atoms with van der Waals surface area (Å²) in [5.74, 6) is 1.58. The van der Waals surface area contributed by atoms with Crippen LogP contribution >= 0.6 is 15.9 Å². The van der Waals surface area contributed by atoms with Crippen LogP contribution in [0.3, 0.4) is 0 Å². The molecule has 0 heterocycles. The van der Waals surface area contributed by atoms with Crippen LogP contribution < -0.4 is 15.4 Å². The van der Waals surface area contributed by atoms with Gasteiger partial charge in [-0.2, -0.15) is 0 Å². The molecule has 0 amide bonds. The summed E-state index contributed by atoms with van der Waals surface area (Å²) in [5.41, 5.74) is 0. The molecule has 0 aromatic heterocycles. The number of nitrogens with one attached hydrogen (secondary N) is 2. The van der Waals surface area contributed by atoms with E-state index < -0.39 is 0 Å². The van der Waals surface area contributed by atoms with E-state index in [2.05, 4.69) is 31.6 Å². The van der Waals surface area contributed by atoms with Gasteiger partial charge in [0.05, 0.1) is 17.6 Å². The molecule has 6 heteroatoms. The molecule has 2 N–H and O–H groups in total. The van der Waals surface area contributed by atoms with Crippen molar-refractivity contribution in [2.24, 2.45) is 4.99 Å². The number of rotatable bonds is 7. The predicted octanol–water partition coefficient (Wildman–Crippen LogP) is 2.03. The monoisotopic (exact) mass is 343 g/mol. The maximum atomic E-state index is 5.85. The van der Waals surface area contributed by atoms with E-state index in [-0.39, 0.29) is 6.10 Å². The number of para-hydroxylation sites is 1. The van der Waals surface area contributed by atoms with E-state index >= 15 is 0 Å². The molecule has 112 valence electrons. The summed E-state index contributed by atoms with van der Waals surface area (Å²) in [7, 11) is 3.41. The third kappa shape index (κ3) is 6.25. The van der Waals surface area contributed by atoms with Gasteiger partial charge in [-0.15, -0.1) is 0 Å². The number of nitrogens with zero attached hydrogens (tertiary/aromatic N) is 1. The Morgan fingerprint density at radius 3 is 2.75 bits per heavy atom. The smallest absolute Gasteiger partial charge is 0.191 e. The van der Waals surface area contributed by atoms with Crippen LogP contribution in [0.4, 0.5) is 0 Å². The first-order valence-corrected chi connectivity index (χ1v) is 7.31. The Morgan fingerprint density at radius 2 is 2.10 bits per heavy atom. The van der Waals surface area contributed by atoms with Gasteiger partial charge in [0.15, 0.2) is 5.96 Å². The maximum absolute atomic E-state index is 5.85. The molecule has 0 bridgehead atoms. The summed E-state index contributed by atoms with van der Waals surface area (Å²) in [6.07, 6.45) is 0.0228. The van der Waals surface area contributed by atoms with Crippen LogP contribution in [0.25, 0.3) is 0 Å². The highest BCUT2D eigenvalue weighted by Gasteiger charge is 2.07. The van der Waals surface area contributed by atoms with Crippen molar-refractivity contribution >= 4 is 21.9 Å². The van der Waals surface area contributed by atoms with Gasteiger partial charge in [-0.25, -0.2) is 0 Å². The normalized spacial score (nSPS) is 12.9. The summed E-state index contributed by atoms with van der Waals surface area (Å²) < 4.78 is 11.8. The molecule has 1 rings (SSSR count). The van der Waals surface area contributed by atoms with Gasteiger partial charge < -0.3 is 20.1 Å². The molecular formula is C14H22BrN3O2. The van der Waals surface area contributed by atoms with Crippen molar-refractivity contribution in [1.82, 2.24) is 10.6 Å². The lowest BCUT2D eigenvalue weighted by Gasteiger charge is -2.18. The van der Waals surface area contributed by atoms with E-state index in [1.165, 1.54) is 0 Å². The third-order valence-corrected chi connectivity index (χ3v) is 3.20. The molecule has 1 atom stereocenters. The van der Waals surface area contributed by atoms with Crippen LogP contribution in [0.5, 0.6) is 5.75 Å². The Balaban J connectivity index is 2.35. The van der Waals surface area contributed by atoms with Gasteiger partial charge in [0.1, 0.15) is 11.9 Å². The van der Waals surface area contributed by atoms with Gasteiger partial charge in [-0.3, -0.25) is 4.99 Å². The fourth-order valence-corrected chi connectivity index (χ4v) is 1.91. The molecule has 1 unspecified atom stereocenters. The van der Waals surface area contributed by atoms with Crippen molar-refractivity contribution < 1.29 is 9.47 Å². The Bertz CT molecular complexity index is 427. The van der Waals surface area contributed by atoms with Crippen LogP contribution in [0, 0.1) is 0 Å². The average molecular weight is 344 g/mol. The van der Waals surface area contributed by atoms with E-state index in [0.717, 1.165) is 22.7 Å². The van der Waals surface area contributed by atoms with Crippen LogP contribution in [0.1, 0.15) is 6.92 Å². The lowest BCUT2D eigenvalue weighted by Crippen LogP contribution is -2.42. The Morgan fingerprint density at radius 1 is 1.35 bits per heavy atom. The second-order valence-electron chi connectivity index (χ2n) is 4.23. The van der Waals surface area contributed by atoms with E-state index in [1.807, 2.05) is 31.2 Å². The Kier molecular flexibility index (Phi) is 8.06. The lowest BCUT2D eigenvalue weighted by atomic mass is 10.3. The number of hydrogen-bond donors (Lipinski definition) is 2. The molecular weight excluding hydrogens is 322 g/mol. The minimum Gasteiger partial charge on any atom is -0.488 e. The van der Waals surface area contributed by atoms with Crippen molar-refractivity contribution in [3.05, 3.63) is 28.7 Å². The van der Waals surface area contributed by atoms with Gasteiger partial charge in [0, 0.05) is 20.7 Å². The topological polar surface area (TPSA) is 54.9 Å². The molecule has 0 radical (unpaired) electrons. The quantitative estimate of drug-likeness (QED) is 0.452. The molecule has 1 aromatic rings. The number of methoxy groups -OCH3 is 1. The second kappa shape index (κ2) is 9.61. The number of hydrogen-bond acceptors (Lipinski definition) is 3. The van der Waals surface area contributed by atoms with E-state index in [4.69, 9.17) is 9.47 Å². The van der Waals surface area contributed by atoms with Crippen molar-refractivity contribution in [2.45, 2.75) is 13.0 Å². The minimum atomic E-state index is 0.0228. The molecule has 0 aliphatic rings. The highest BCUT2D eigenvalue weighted by Crippen LogP contribution is 2.24. The first-order chi connectivity index (χ1) is 9.67. The number of benzene rings is 1. The molecule has 0 saturated carbocycles. The summed E-state index contributed by atoms with van der Waals surface area (Å²) >= 11 is 3.47. The predicted molar refractivity (Wildman–Crippen MR) is 85.5 cm³/mol. The van der Waals surface area contributed by atoms with Crippen molar-refractivity contribution in [2.75, 3.05) is 33.9 Å². The summed E-state index contributed by atoms with van der Waals surface area (Å²) in [6.45, 7) is 4.03. The number of aliphatic imine (C=N–C) groups is 1. The van der Waals surface area contributed by atoms with Crippen molar-refractivity contribution in [3.63, 3.8) is 0 Å². The first kappa shape index (κ1) is 16.8. The van der Waals surface area contributed by atoms with Crippen molar-refractivity contribution in [3.8, 4) is 5.75 Å². The van der Waals surface area contributed by atoms with Crippen LogP contribution in [-0.4, -0.2) is 45.9 Å².